The molecule has 156 valence electrons. The molecule has 0 aliphatic carbocycles. The van der Waals surface area contributed by atoms with Crippen LogP contribution in [0.15, 0.2) is 41.1 Å². The summed E-state index contributed by atoms with van der Waals surface area (Å²) in [5.41, 5.74) is 1.76. The smallest absolute Gasteiger partial charge is 0.255 e. The second-order valence-electron chi connectivity index (χ2n) is 7.63. The maximum Gasteiger partial charge on any atom is 0.255 e. The normalized spacial score (nSPS) is 15.9. The van der Waals surface area contributed by atoms with Gasteiger partial charge < -0.3 is 15.0 Å². The van der Waals surface area contributed by atoms with Crippen molar-refractivity contribution in [3.8, 4) is 5.75 Å². The van der Waals surface area contributed by atoms with E-state index in [0.29, 0.717) is 24.4 Å². The van der Waals surface area contributed by atoms with Crippen LogP contribution in [-0.4, -0.2) is 60.9 Å². The highest BCUT2D eigenvalue weighted by atomic mass is 32.1. The van der Waals surface area contributed by atoms with Gasteiger partial charge in [0, 0.05) is 32.7 Å². The molecule has 7 heteroatoms. The van der Waals surface area contributed by atoms with Crippen LogP contribution in [0.5, 0.6) is 5.75 Å². The molecule has 1 aliphatic heterocycles. The first-order valence-corrected chi connectivity index (χ1v) is 10.9. The fraction of sp³-hybridized carbons (Fsp3) is 0.455. The molecule has 1 saturated heterocycles. The van der Waals surface area contributed by atoms with E-state index in [1.165, 1.54) is 12.7 Å². The van der Waals surface area contributed by atoms with Crippen molar-refractivity contribution < 1.29 is 14.3 Å². The van der Waals surface area contributed by atoms with E-state index in [0.717, 1.165) is 19.6 Å². The standard InChI is InChI=1S/C22H29N3O3S/c1-16(2)20(23-21(26)18-6-4-5-7-19(18)28-3)22(27)25-11-9-24(10-12-25)14-17-8-13-29-15-17/h4-8,13,15-16,20H,9-12,14H2,1-3H3,(H,23,26)/t20-/m0/s1. The number of para-hydroxylation sites is 1. The van der Waals surface area contributed by atoms with Crippen LogP contribution in [0.1, 0.15) is 29.8 Å². The number of ether oxygens (including phenoxy) is 1. The topological polar surface area (TPSA) is 61.9 Å². The fourth-order valence-corrected chi connectivity index (χ4v) is 4.19. The number of carbonyl (C=O) groups is 2. The van der Waals surface area contributed by atoms with E-state index in [9.17, 15) is 9.59 Å². The third kappa shape index (κ3) is 5.36. The SMILES string of the molecule is COc1ccccc1C(=O)N[C@H](C(=O)N1CCN(Cc2ccsc2)CC1)C(C)C. The molecular weight excluding hydrogens is 386 g/mol. The Bertz CT molecular complexity index is 814. The lowest BCUT2D eigenvalue weighted by atomic mass is 10.0. The molecule has 0 bridgehead atoms. The minimum atomic E-state index is -0.559. The van der Waals surface area contributed by atoms with Gasteiger partial charge in [0.25, 0.3) is 5.91 Å². The van der Waals surface area contributed by atoms with Gasteiger partial charge in [-0.2, -0.15) is 11.3 Å². The molecule has 1 aromatic carbocycles. The fourth-order valence-electron chi connectivity index (χ4n) is 3.53. The van der Waals surface area contributed by atoms with Crippen LogP contribution in [0.4, 0.5) is 0 Å². The first-order chi connectivity index (χ1) is 14.0. The number of amides is 2. The lowest BCUT2D eigenvalue weighted by Gasteiger charge is -2.37. The Balaban J connectivity index is 1.60. The van der Waals surface area contributed by atoms with Crippen LogP contribution < -0.4 is 10.1 Å². The van der Waals surface area contributed by atoms with Crippen molar-refractivity contribution >= 4 is 23.2 Å². The van der Waals surface area contributed by atoms with E-state index in [1.807, 2.05) is 24.8 Å². The second-order valence-corrected chi connectivity index (χ2v) is 8.41. The molecule has 0 unspecified atom stereocenters. The quantitative estimate of drug-likeness (QED) is 0.755. The van der Waals surface area contributed by atoms with Crippen LogP contribution in [-0.2, 0) is 11.3 Å². The number of hydrogen-bond donors (Lipinski definition) is 1. The first kappa shape index (κ1) is 21.3. The minimum Gasteiger partial charge on any atom is -0.496 e. The highest BCUT2D eigenvalue weighted by Gasteiger charge is 2.31. The van der Waals surface area contributed by atoms with E-state index in [4.69, 9.17) is 4.74 Å². The number of carbonyl (C=O) groups excluding carboxylic acids is 2. The molecule has 0 saturated carbocycles. The van der Waals surface area contributed by atoms with Crippen LogP contribution in [0.3, 0.4) is 0 Å². The zero-order valence-corrected chi connectivity index (χ0v) is 18.1. The van der Waals surface area contributed by atoms with Gasteiger partial charge >= 0.3 is 0 Å². The van der Waals surface area contributed by atoms with Crippen LogP contribution in [0, 0.1) is 5.92 Å². The Morgan fingerprint density at radius 2 is 1.86 bits per heavy atom. The Morgan fingerprint density at radius 3 is 2.48 bits per heavy atom. The van der Waals surface area contributed by atoms with E-state index in [2.05, 4.69) is 27.0 Å². The molecule has 1 fully saturated rings. The van der Waals surface area contributed by atoms with E-state index in [1.54, 1.807) is 29.5 Å². The molecule has 2 amide bonds. The van der Waals surface area contributed by atoms with Gasteiger partial charge in [-0.1, -0.05) is 26.0 Å². The second kappa shape index (κ2) is 9.89. The number of benzene rings is 1. The van der Waals surface area contributed by atoms with Gasteiger partial charge in [-0.3, -0.25) is 14.5 Å². The molecule has 3 rings (SSSR count). The maximum atomic E-state index is 13.1. The van der Waals surface area contributed by atoms with Gasteiger partial charge in [-0.25, -0.2) is 0 Å². The predicted molar refractivity (Wildman–Crippen MR) is 115 cm³/mol. The average molecular weight is 416 g/mol. The molecule has 1 aliphatic rings. The lowest BCUT2D eigenvalue weighted by Crippen LogP contribution is -2.56. The summed E-state index contributed by atoms with van der Waals surface area (Å²) in [7, 11) is 1.53. The summed E-state index contributed by atoms with van der Waals surface area (Å²) in [6.07, 6.45) is 0. The van der Waals surface area contributed by atoms with Gasteiger partial charge in [0.05, 0.1) is 12.7 Å². The zero-order chi connectivity index (χ0) is 20.8. The molecule has 29 heavy (non-hydrogen) atoms. The summed E-state index contributed by atoms with van der Waals surface area (Å²) in [6, 6.07) is 8.64. The van der Waals surface area contributed by atoms with Gasteiger partial charge in [0.15, 0.2) is 0 Å². The van der Waals surface area contributed by atoms with Crippen molar-refractivity contribution in [2.75, 3.05) is 33.3 Å². The highest BCUT2D eigenvalue weighted by Crippen LogP contribution is 2.19. The predicted octanol–water partition coefficient (Wildman–Crippen LogP) is 2.86. The number of hydrogen-bond acceptors (Lipinski definition) is 5. The molecule has 6 nitrogen and oxygen atoms in total. The summed E-state index contributed by atoms with van der Waals surface area (Å²) in [6.45, 7) is 7.87. The van der Waals surface area contributed by atoms with Crippen molar-refractivity contribution in [2.24, 2.45) is 5.92 Å². The number of nitrogens with zero attached hydrogens (tertiary/aromatic N) is 2. The van der Waals surface area contributed by atoms with Gasteiger partial charge in [0.2, 0.25) is 5.91 Å². The Hall–Kier alpha value is -2.38. The molecule has 1 atom stereocenters. The Morgan fingerprint density at radius 1 is 1.14 bits per heavy atom. The van der Waals surface area contributed by atoms with Crippen molar-refractivity contribution in [3.63, 3.8) is 0 Å². The number of methoxy groups -OCH3 is 1. The van der Waals surface area contributed by atoms with Crippen LogP contribution in [0.2, 0.25) is 0 Å². The number of nitrogens with one attached hydrogen (secondary N) is 1. The van der Waals surface area contributed by atoms with Crippen molar-refractivity contribution in [1.29, 1.82) is 0 Å². The molecule has 0 radical (unpaired) electrons. The molecule has 1 N–H and O–H groups in total. The van der Waals surface area contributed by atoms with Crippen molar-refractivity contribution in [2.45, 2.75) is 26.4 Å². The Labute approximate surface area is 176 Å². The van der Waals surface area contributed by atoms with E-state index < -0.39 is 6.04 Å². The summed E-state index contributed by atoms with van der Waals surface area (Å²) in [5.74, 6) is 0.191. The maximum absolute atomic E-state index is 13.1. The van der Waals surface area contributed by atoms with Crippen molar-refractivity contribution in [1.82, 2.24) is 15.1 Å². The van der Waals surface area contributed by atoms with E-state index in [-0.39, 0.29) is 17.7 Å². The molecule has 2 aromatic rings. The van der Waals surface area contributed by atoms with Crippen LogP contribution in [0.25, 0.3) is 0 Å². The van der Waals surface area contributed by atoms with Crippen LogP contribution >= 0.6 is 11.3 Å². The minimum absolute atomic E-state index is 0.00927. The van der Waals surface area contributed by atoms with Crippen molar-refractivity contribution in [3.05, 3.63) is 52.2 Å². The van der Waals surface area contributed by atoms with E-state index >= 15 is 0 Å². The Kier molecular flexibility index (Phi) is 7.28. The van der Waals surface area contributed by atoms with Gasteiger partial charge in [-0.15, -0.1) is 0 Å². The number of thiophene rings is 1. The zero-order valence-electron chi connectivity index (χ0n) is 17.3. The molecular formula is C22H29N3O3S. The largest absolute Gasteiger partial charge is 0.496 e. The third-order valence-electron chi connectivity index (χ3n) is 5.24. The molecule has 0 spiro atoms. The molecule has 1 aromatic heterocycles. The summed E-state index contributed by atoms with van der Waals surface area (Å²) >= 11 is 1.71. The lowest BCUT2D eigenvalue weighted by molar-refractivity contribution is -0.136. The highest BCUT2D eigenvalue weighted by molar-refractivity contribution is 7.07. The molecule has 2 heterocycles. The monoisotopic (exact) mass is 415 g/mol. The number of piperazine rings is 1. The first-order valence-electron chi connectivity index (χ1n) is 9.95. The number of rotatable bonds is 7. The summed E-state index contributed by atoms with van der Waals surface area (Å²) in [4.78, 5) is 30.2. The summed E-state index contributed by atoms with van der Waals surface area (Å²) < 4.78 is 5.28. The van der Waals surface area contributed by atoms with Gasteiger partial charge in [-0.05, 0) is 40.4 Å². The third-order valence-corrected chi connectivity index (χ3v) is 5.97. The average Bonchev–Trinajstić information content (AvgIpc) is 3.24. The van der Waals surface area contributed by atoms with Gasteiger partial charge in [0.1, 0.15) is 11.8 Å². The summed E-state index contributed by atoms with van der Waals surface area (Å²) in [5, 5.41) is 7.19.